The molecule has 0 saturated heterocycles. The normalized spacial score (nSPS) is 10.5. The first-order chi connectivity index (χ1) is 10.5. The second kappa shape index (κ2) is 6.56. The molecule has 116 valence electrons. The molecule has 22 heavy (non-hydrogen) atoms. The van der Waals surface area contributed by atoms with Gasteiger partial charge < -0.3 is 20.2 Å². The minimum absolute atomic E-state index is 0.0439. The van der Waals surface area contributed by atoms with Crippen LogP contribution >= 0.6 is 0 Å². The molecule has 0 fully saturated rings. The summed E-state index contributed by atoms with van der Waals surface area (Å²) in [5.74, 6) is -1.48. The molecule has 2 rings (SSSR count). The number of carbonyl (C=O) groups excluding carboxylic acids is 1. The van der Waals surface area contributed by atoms with Gasteiger partial charge in [-0.3, -0.25) is 4.79 Å². The molecular weight excluding hydrogens is 304 g/mol. The van der Waals surface area contributed by atoms with E-state index in [1.165, 1.54) is 24.3 Å². The molecule has 0 spiro atoms. The van der Waals surface area contributed by atoms with Crippen molar-refractivity contribution in [2.75, 3.05) is 5.32 Å². The fourth-order valence-electron chi connectivity index (χ4n) is 1.55. The number of nitro groups is 1. The lowest BCUT2D eigenvalue weighted by atomic mass is 10.3. The number of hydrogen-bond donors (Lipinski definition) is 1. The molecule has 0 aliphatic carbocycles. The van der Waals surface area contributed by atoms with Crippen molar-refractivity contribution in [1.29, 1.82) is 0 Å². The molecule has 1 N–H and O–H groups in total. The number of alkyl halides is 2. The van der Waals surface area contributed by atoms with Gasteiger partial charge in [0.15, 0.2) is 0 Å². The molecule has 0 radical (unpaired) electrons. The number of para-hydroxylation sites is 2. The van der Waals surface area contributed by atoms with Crippen molar-refractivity contribution in [3.63, 3.8) is 0 Å². The summed E-state index contributed by atoms with van der Waals surface area (Å²) in [5, 5.41) is 16.2. The summed E-state index contributed by atoms with van der Waals surface area (Å²) >= 11 is 0. The zero-order valence-electron chi connectivity index (χ0n) is 10.8. The standard InChI is InChI=1S/C11H9F2N5O4/c12-10(13)22-8-4-2-1-3-7(8)15-9(19)5-17-6-14-11(16-17)18(20)21/h1-4,6,10H,5H2,(H,15,19). The first-order valence-corrected chi connectivity index (χ1v) is 5.83. The SMILES string of the molecule is O=C(Cn1cnc([N+](=O)[O-])n1)Nc1ccccc1OC(F)F. The fraction of sp³-hybridized carbons (Fsp3) is 0.182. The summed E-state index contributed by atoms with van der Waals surface area (Å²) in [6, 6.07) is 5.63. The highest BCUT2D eigenvalue weighted by atomic mass is 19.3. The van der Waals surface area contributed by atoms with Crippen LogP contribution in [0, 0.1) is 10.1 Å². The molecule has 11 heteroatoms. The summed E-state index contributed by atoms with van der Waals surface area (Å²) < 4.78 is 29.7. The number of rotatable bonds is 6. The minimum atomic E-state index is -3.03. The Bertz CT molecular complexity index is 691. The maximum atomic E-state index is 12.2. The van der Waals surface area contributed by atoms with Gasteiger partial charge in [0.25, 0.3) is 0 Å². The Labute approximate surface area is 121 Å². The van der Waals surface area contributed by atoms with Crippen LogP contribution in [0.25, 0.3) is 0 Å². The van der Waals surface area contributed by atoms with Gasteiger partial charge in [0.05, 0.1) is 5.69 Å². The van der Waals surface area contributed by atoms with Crippen LogP contribution in [0.5, 0.6) is 5.75 Å². The highest BCUT2D eigenvalue weighted by Crippen LogP contribution is 2.25. The molecule has 0 unspecified atom stereocenters. The van der Waals surface area contributed by atoms with E-state index in [1.807, 2.05) is 0 Å². The fourth-order valence-corrected chi connectivity index (χ4v) is 1.55. The van der Waals surface area contributed by atoms with Gasteiger partial charge in [-0.05, 0) is 17.1 Å². The summed E-state index contributed by atoms with van der Waals surface area (Å²) in [5.41, 5.74) is 0.0439. The highest BCUT2D eigenvalue weighted by molar-refractivity contribution is 5.92. The van der Waals surface area contributed by atoms with Crippen molar-refractivity contribution >= 4 is 17.5 Å². The third-order valence-corrected chi connectivity index (χ3v) is 2.37. The van der Waals surface area contributed by atoms with Crippen LogP contribution < -0.4 is 10.1 Å². The summed E-state index contributed by atoms with van der Waals surface area (Å²) in [6.07, 6.45) is 1.01. The number of aromatic nitrogens is 3. The summed E-state index contributed by atoms with van der Waals surface area (Å²) in [4.78, 5) is 24.8. The first-order valence-electron chi connectivity index (χ1n) is 5.83. The number of ether oxygens (including phenoxy) is 1. The smallest absolute Gasteiger partial charge is 0.433 e. The lowest BCUT2D eigenvalue weighted by Gasteiger charge is -2.11. The number of anilines is 1. The molecule has 1 aromatic heterocycles. The van der Waals surface area contributed by atoms with Crippen LogP contribution in [-0.4, -0.2) is 32.2 Å². The van der Waals surface area contributed by atoms with Gasteiger partial charge in [-0.15, -0.1) is 0 Å². The van der Waals surface area contributed by atoms with Gasteiger partial charge in [-0.2, -0.15) is 13.5 Å². The van der Waals surface area contributed by atoms with E-state index in [0.29, 0.717) is 0 Å². The number of carbonyl (C=O) groups is 1. The first kappa shape index (κ1) is 15.3. The highest BCUT2D eigenvalue weighted by Gasteiger charge is 2.16. The maximum Gasteiger partial charge on any atom is 0.490 e. The molecule has 0 aliphatic rings. The summed E-state index contributed by atoms with van der Waals surface area (Å²) in [6.45, 7) is -3.40. The van der Waals surface area contributed by atoms with Crippen molar-refractivity contribution in [2.45, 2.75) is 13.2 Å². The Morgan fingerprint density at radius 3 is 2.82 bits per heavy atom. The van der Waals surface area contributed by atoms with Gasteiger partial charge in [-0.1, -0.05) is 17.1 Å². The van der Waals surface area contributed by atoms with E-state index in [0.717, 1.165) is 11.0 Å². The number of halogens is 2. The topological polar surface area (TPSA) is 112 Å². The van der Waals surface area contributed by atoms with Crippen LogP contribution in [0.1, 0.15) is 0 Å². The van der Waals surface area contributed by atoms with E-state index in [-0.39, 0.29) is 18.0 Å². The van der Waals surface area contributed by atoms with Crippen LogP contribution in [0.4, 0.5) is 20.4 Å². The lowest BCUT2D eigenvalue weighted by Crippen LogP contribution is -2.20. The molecule has 0 aliphatic heterocycles. The Balaban J connectivity index is 2.04. The second-order valence-electron chi connectivity index (χ2n) is 3.92. The van der Waals surface area contributed by atoms with E-state index in [9.17, 15) is 23.7 Å². The molecule has 0 bridgehead atoms. The monoisotopic (exact) mass is 313 g/mol. The van der Waals surface area contributed by atoms with Crippen molar-refractivity contribution in [3.8, 4) is 5.75 Å². The van der Waals surface area contributed by atoms with Crippen molar-refractivity contribution in [3.05, 3.63) is 40.7 Å². The molecule has 0 atom stereocenters. The lowest BCUT2D eigenvalue weighted by molar-refractivity contribution is -0.394. The Morgan fingerprint density at radius 2 is 2.18 bits per heavy atom. The van der Waals surface area contributed by atoms with E-state index in [2.05, 4.69) is 20.1 Å². The van der Waals surface area contributed by atoms with Crippen LogP contribution in [0.15, 0.2) is 30.6 Å². The zero-order chi connectivity index (χ0) is 16.1. The Kier molecular flexibility index (Phi) is 4.56. The van der Waals surface area contributed by atoms with Gasteiger partial charge in [0, 0.05) is 5.10 Å². The molecule has 1 heterocycles. The van der Waals surface area contributed by atoms with Crippen molar-refractivity contribution in [2.24, 2.45) is 0 Å². The zero-order valence-corrected chi connectivity index (χ0v) is 10.8. The van der Waals surface area contributed by atoms with Crippen LogP contribution in [0.3, 0.4) is 0 Å². The summed E-state index contributed by atoms with van der Waals surface area (Å²) in [7, 11) is 0. The maximum absolute atomic E-state index is 12.2. The predicted molar refractivity (Wildman–Crippen MR) is 68.4 cm³/mol. The van der Waals surface area contributed by atoms with Crippen molar-refractivity contribution < 1.29 is 23.2 Å². The number of amides is 1. The number of benzene rings is 1. The van der Waals surface area contributed by atoms with Gasteiger partial charge in [0.2, 0.25) is 12.2 Å². The molecule has 9 nitrogen and oxygen atoms in total. The Morgan fingerprint density at radius 1 is 1.45 bits per heavy atom. The van der Waals surface area contributed by atoms with Gasteiger partial charge in [-0.25, -0.2) is 0 Å². The number of nitrogens with one attached hydrogen (secondary N) is 1. The third-order valence-electron chi connectivity index (χ3n) is 2.37. The quantitative estimate of drug-likeness (QED) is 0.637. The molecule has 1 amide bonds. The molecule has 1 aromatic carbocycles. The molecule has 0 saturated carbocycles. The second-order valence-corrected chi connectivity index (χ2v) is 3.92. The third kappa shape index (κ3) is 3.94. The van der Waals surface area contributed by atoms with Crippen LogP contribution in [0.2, 0.25) is 0 Å². The van der Waals surface area contributed by atoms with Gasteiger partial charge in [0.1, 0.15) is 12.3 Å². The Hall–Kier alpha value is -3.11. The minimum Gasteiger partial charge on any atom is -0.433 e. The van der Waals surface area contributed by atoms with E-state index in [1.54, 1.807) is 0 Å². The largest absolute Gasteiger partial charge is 0.490 e. The van der Waals surface area contributed by atoms with Crippen LogP contribution in [-0.2, 0) is 11.3 Å². The van der Waals surface area contributed by atoms with Gasteiger partial charge >= 0.3 is 12.6 Å². The number of hydrogen-bond acceptors (Lipinski definition) is 6. The molecular formula is C11H9F2N5O4. The van der Waals surface area contributed by atoms with E-state index >= 15 is 0 Å². The van der Waals surface area contributed by atoms with E-state index < -0.39 is 23.4 Å². The van der Waals surface area contributed by atoms with Crippen molar-refractivity contribution in [1.82, 2.24) is 14.8 Å². The average Bonchev–Trinajstić information content (AvgIpc) is 2.89. The average molecular weight is 313 g/mol. The van der Waals surface area contributed by atoms with E-state index in [4.69, 9.17) is 0 Å². The molecule has 2 aromatic rings. The predicted octanol–water partition coefficient (Wildman–Crippen LogP) is 1.43. The number of nitrogens with zero attached hydrogens (tertiary/aromatic N) is 4.